The van der Waals surface area contributed by atoms with Crippen LogP contribution in [0.2, 0.25) is 0 Å². The van der Waals surface area contributed by atoms with E-state index in [0.29, 0.717) is 12.1 Å². The molecule has 0 atom stereocenters. The number of hydrogen-bond acceptors (Lipinski definition) is 3. The van der Waals surface area contributed by atoms with Crippen LogP contribution in [0.25, 0.3) is 0 Å². The molecule has 2 rings (SSSR count). The highest BCUT2D eigenvalue weighted by Gasteiger charge is 2.08. The van der Waals surface area contributed by atoms with E-state index >= 15 is 0 Å². The van der Waals surface area contributed by atoms with Crippen LogP contribution in [0, 0.1) is 5.82 Å². The Bertz CT molecular complexity index is 626. The molecule has 0 radical (unpaired) electrons. The van der Waals surface area contributed by atoms with Crippen molar-refractivity contribution >= 4 is 5.97 Å². The number of aromatic carboxylic acids is 1. The van der Waals surface area contributed by atoms with Crippen molar-refractivity contribution in [1.82, 2.24) is 5.32 Å². The van der Waals surface area contributed by atoms with Crippen molar-refractivity contribution in [3.63, 3.8) is 0 Å². The predicted molar refractivity (Wildman–Crippen MR) is 76.9 cm³/mol. The summed E-state index contributed by atoms with van der Waals surface area (Å²) in [5, 5.41) is 12.0. The second-order valence-electron chi connectivity index (χ2n) is 4.56. The van der Waals surface area contributed by atoms with Gasteiger partial charge in [0.2, 0.25) is 0 Å². The van der Waals surface area contributed by atoms with Gasteiger partial charge in [-0.25, -0.2) is 9.18 Å². The van der Waals surface area contributed by atoms with Crippen molar-refractivity contribution in [3.05, 3.63) is 65.0 Å². The topological polar surface area (TPSA) is 58.6 Å². The minimum absolute atomic E-state index is 0.0812. The molecule has 4 nitrogen and oxygen atoms in total. The van der Waals surface area contributed by atoms with Gasteiger partial charge in [0.05, 0.1) is 12.7 Å². The molecule has 0 saturated heterocycles. The highest BCUT2D eigenvalue weighted by Crippen LogP contribution is 2.13. The molecular formula is C16H16FNO3. The van der Waals surface area contributed by atoms with Crippen molar-refractivity contribution in [1.29, 1.82) is 0 Å². The molecule has 0 unspecified atom stereocenters. The molecule has 0 amide bonds. The average Bonchev–Trinajstić information content (AvgIpc) is 2.49. The Balaban J connectivity index is 1.96. The molecule has 2 aromatic rings. The van der Waals surface area contributed by atoms with E-state index in [1.165, 1.54) is 18.2 Å². The van der Waals surface area contributed by atoms with Gasteiger partial charge in [0.1, 0.15) is 11.6 Å². The van der Waals surface area contributed by atoms with Crippen LogP contribution in [0.1, 0.15) is 21.5 Å². The number of carboxylic acids is 1. The molecule has 2 N–H and O–H groups in total. The number of nitrogens with one attached hydrogen (secondary N) is 1. The van der Waals surface area contributed by atoms with Crippen molar-refractivity contribution in [2.24, 2.45) is 0 Å². The Labute approximate surface area is 122 Å². The Morgan fingerprint density at radius 3 is 2.52 bits per heavy atom. The third-order valence-electron chi connectivity index (χ3n) is 3.10. The van der Waals surface area contributed by atoms with E-state index in [1.54, 1.807) is 7.11 Å². The summed E-state index contributed by atoms with van der Waals surface area (Å²) in [4.78, 5) is 10.9. The Morgan fingerprint density at radius 1 is 1.19 bits per heavy atom. The largest absolute Gasteiger partial charge is 0.497 e. The maximum atomic E-state index is 13.6. The summed E-state index contributed by atoms with van der Waals surface area (Å²) in [6.07, 6.45) is 0. The highest BCUT2D eigenvalue weighted by molar-refractivity contribution is 5.87. The Hall–Kier alpha value is -2.40. The molecule has 110 valence electrons. The van der Waals surface area contributed by atoms with Crippen LogP contribution in [0.15, 0.2) is 42.5 Å². The third-order valence-corrected chi connectivity index (χ3v) is 3.10. The highest BCUT2D eigenvalue weighted by atomic mass is 19.1. The van der Waals surface area contributed by atoms with Crippen LogP contribution in [0.4, 0.5) is 4.39 Å². The van der Waals surface area contributed by atoms with Crippen LogP contribution < -0.4 is 10.1 Å². The third kappa shape index (κ3) is 4.03. The zero-order valence-electron chi connectivity index (χ0n) is 11.6. The van der Waals surface area contributed by atoms with Gasteiger partial charge >= 0.3 is 5.97 Å². The van der Waals surface area contributed by atoms with Crippen molar-refractivity contribution in [2.75, 3.05) is 7.11 Å². The molecule has 0 spiro atoms. The lowest BCUT2D eigenvalue weighted by atomic mass is 10.1. The summed E-state index contributed by atoms with van der Waals surface area (Å²) >= 11 is 0. The van der Waals surface area contributed by atoms with Gasteiger partial charge in [-0.1, -0.05) is 12.1 Å². The van der Waals surface area contributed by atoms with Gasteiger partial charge in [0, 0.05) is 18.7 Å². The maximum Gasteiger partial charge on any atom is 0.335 e. The first-order chi connectivity index (χ1) is 10.1. The molecule has 5 heteroatoms. The first-order valence-electron chi connectivity index (χ1n) is 6.45. The molecule has 0 aliphatic carbocycles. The quantitative estimate of drug-likeness (QED) is 0.858. The zero-order chi connectivity index (χ0) is 15.2. The lowest BCUT2D eigenvalue weighted by Crippen LogP contribution is -2.14. The maximum absolute atomic E-state index is 13.6. The van der Waals surface area contributed by atoms with Gasteiger partial charge in [-0.2, -0.15) is 0 Å². The second kappa shape index (κ2) is 6.85. The molecule has 0 saturated carbocycles. The molecule has 0 bridgehead atoms. The van der Waals surface area contributed by atoms with E-state index in [0.717, 1.165) is 11.3 Å². The van der Waals surface area contributed by atoms with Gasteiger partial charge < -0.3 is 15.2 Å². The number of carboxylic acid groups (broad SMARTS) is 1. The molecule has 0 aromatic heterocycles. The molecule has 0 fully saturated rings. The van der Waals surface area contributed by atoms with Crippen molar-refractivity contribution < 1.29 is 19.0 Å². The number of halogens is 1. The van der Waals surface area contributed by atoms with Gasteiger partial charge in [-0.15, -0.1) is 0 Å². The first kappa shape index (κ1) is 15.0. The lowest BCUT2D eigenvalue weighted by molar-refractivity contribution is 0.0696. The first-order valence-corrected chi connectivity index (χ1v) is 6.45. The van der Waals surface area contributed by atoms with Crippen LogP contribution in [-0.2, 0) is 13.1 Å². The summed E-state index contributed by atoms with van der Waals surface area (Å²) < 4.78 is 18.7. The minimum atomic E-state index is -1.06. The van der Waals surface area contributed by atoms with Crippen LogP contribution in [0.3, 0.4) is 0 Å². The molecule has 2 aromatic carbocycles. The standard InChI is InChI=1S/C16H16FNO3/c1-21-14-5-2-11(3-6-14)9-18-10-13-8-12(16(19)20)4-7-15(13)17/h2-8,18H,9-10H2,1H3,(H,19,20). The molecular weight excluding hydrogens is 273 g/mol. The van der Waals surface area contributed by atoms with Gasteiger partial charge in [0.25, 0.3) is 0 Å². The fourth-order valence-corrected chi connectivity index (χ4v) is 1.93. The number of hydrogen-bond donors (Lipinski definition) is 2. The van der Waals surface area contributed by atoms with Gasteiger partial charge in [-0.05, 0) is 35.9 Å². The van der Waals surface area contributed by atoms with E-state index in [2.05, 4.69) is 5.32 Å². The summed E-state index contributed by atoms with van der Waals surface area (Å²) in [6.45, 7) is 0.819. The van der Waals surface area contributed by atoms with E-state index in [1.807, 2.05) is 24.3 Å². The number of methoxy groups -OCH3 is 1. The smallest absolute Gasteiger partial charge is 0.335 e. The zero-order valence-corrected chi connectivity index (χ0v) is 11.6. The van der Waals surface area contributed by atoms with Crippen molar-refractivity contribution in [3.8, 4) is 5.75 Å². The van der Waals surface area contributed by atoms with Crippen LogP contribution in [-0.4, -0.2) is 18.2 Å². The summed E-state index contributed by atoms with van der Waals surface area (Å²) in [7, 11) is 1.60. The van der Waals surface area contributed by atoms with Gasteiger partial charge in [0.15, 0.2) is 0 Å². The predicted octanol–water partition coefficient (Wildman–Crippen LogP) is 2.82. The van der Waals surface area contributed by atoms with Gasteiger partial charge in [-0.3, -0.25) is 0 Å². The summed E-state index contributed by atoms with van der Waals surface area (Å²) in [6, 6.07) is 11.3. The summed E-state index contributed by atoms with van der Waals surface area (Å²) in [5.41, 5.74) is 1.45. The summed E-state index contributed by atoms with van der Waals surface area (Å²) in [5.74, 6) is -0.701. The monoisotopic (exact) mass is 289 g/mol. The minimum Gasteiger partial charge on any atom is -0.497 e. The Morgan fingerprint density at radius 2 is 1.90 bits per heavy atom. The fourth-order valence-electron chi connectivity index (χ4n) is 1.93. The number of carbonyl (C=O) groups is 1. The molecule has 0 aliphatic rings. The van der Waals surface area contributed by atoms with E-state index < -0.39 is 11.8 Å². The van der Waals surface area contributed by atoms with E-state index in [4.69, 9.17) is 9.84 Å². The van der Waals surface area contributed by atoms with E-state index in [9.17, 15) is 9.18 Å². The number of ether oxygens (including phenoxy) is 1. The normalized spacial score (nSPS) is 10.4. The number of rotatable bonds is 6. The second-order valence-corrected chi connectivity index (χ2v) is 4.56. The SMILES string of the molecule is COc1ccc(CNCc2cc(C(=O)O)ccc2F)cc1. The van der Waals surface area contributed by atoms with Crippen LogP contribution in [0.5, 0.6) is 5.75 Å². The molecule has 0 heterocycles. The van der Waals surface area contributed by atoms with Crippen LogP contribution >= 0.6 is 0 Å². The molecule has 21 heavy (non-hydrogen) atoms. The van der Waals surface area contributed by atoms with E-state index in [-0.39, 0.29) is 12.1 Å². The van der Waals surface area contributed by atoms with Crippen molar-refractivity contribution in [2.45, 2.75) is 13.1 Å². The average molecular weight is 289 g/mol. The molecule has 0 aliphatic heterocycles. The lowest BCUT2D eigenvalue weighted by Gasteiger charge is -2.08. The number of benzene rings is 2. The fraction of sp³-hybridized carbons (Fsp3) is 0.188. The Kier molecular flexibility index (Phi) is 4.90.